The summed E-state index contributed by atoms with van der Waals surface area (Å²) >= 11 is 0. The Balaban J connectivity index is 1.89. The molecule has 2 rings (SSSR count). The zero-order valence-corrected chi connectivity index (χ0v) is 11.9. The third kappa shape index (κ3) is 4.76. The van der Waals surface area contributed by atoms with Crippen LogP contribution in [0.2, 0.25) is 0 Å². The van der Waals surface area contributed by atoms with E-state index in [1.54, 1.807) is 30.3 Å². The number of hydrogen-bond acceptors (Lipinski definition) is 3. The molecule has 0 aliphatic heterocycles. The Morgan fingerprint density at radius 2 is 1.41 bits per heavy atom. The minimum absolute atomic E-state index is 0.104. The normalized spacial score (nSPS) is 9.59. The summed E-state index contributed by atoms with van der Waals surface area (Å²) in [6.45, 7) is 0. The van der Waals surface area contributed by atoms with Gasteiger partial charge in [0, 0.05) is 11.4 Å². The van der Waals surface area contributed by atoms with Gasteiger partial charge >= 0.3 is 0 Å². The Kier molecular flexibility index (Phi) is 5.27. The number of nitrogens with one attached hydrogen (secondary N) is 2. The van der Waals surface area contributed by atoms with E-state index < -0.39 is 0 Å². The zero-order chi connectivity index (χ0) is 15.8. The molecule has 2 aromatic carbocycles. The summed E-state index contributed by atoms with van der Waals surface area (Å²) in [5, 5.41) is 13.8. The summed E-state index contributed by atoms with van der Waals surface area (Å²) in [6, 6.07) is 18.0. The highest BCUT2D eigenvalue weighted by Gasteiger charge is 2.05. The van der Waals surface area contributed by atoms with Gasteiger partial charge in [0.2, 0.25) is 11.8 Å². The van der Waals surface area contributed by atoms with Crippen LogP contribution < -0.4 is 10.6 Å². The fraction of sp³-hybridized carbons (Fsp3) is 0.118. The molecule has 0 unspecified atom stereocenters. The molecule has 0 fully saturated rings. The molecule has 0 aliphatic rings. The second-order valence-electron chi connectivity index (χ2n) is 4.67. The molecule has 0 radical (unpaired) electrons. The highest BCUT2D eigenvalue weighted by atomic mass is 16.2. The molecule has 5 heteroatoms. The van der Waals surface area contributed by atoms with Crippen LogP contribution in [0.3, 0.4) is 0 Å². The summed E-state index contributed by atoms with van der Waals surface area (Å²) in [4.78, 5) is 23.2. The van der Waals surface area contributed by atoms with Crippen molar-refractivity contribution in [2.75, 3.05) is 10.6 Å². The van der Waals surface area contributed by atoms with E-state index in [9.17, 15) is 9.59 Å². The van der Waals surface area contributed by atoms with Crippen LogP contribution >= 0.6 is 0 Å². The second kappa shape index (κ2) is 7.60. The van der Waals surface area contributed by atoms with Crippen LogP contribution in [0, 0.1) is 11.3 Å². The number of nitrogens with zero attached hydrogens (tertiary/aromatic N) is 1. The van der Waals surface area contributed by atoms with Gasteiger partial charge in [0.05, 0.1) is 12.5 Å². The Bertz CT molecular complexity index is 688. The highest BCUT2D eigenvalue weighted by Crippen LogP contribution is 2.14. The third-order valence-electron chi connectivity index (χ3n) is 2.90. The molecule has 0 saturated carbocycles. The van der Waals surface area contributed by atoms with E-state index in [1.165, 1.54) is 0 Å². The molecule has 0 saturated heterocycles. The van der Waals surface area contributed by atoms with Gasteiger partial charge in [-0.2, -0.15) is 5.26 Å². The van der Waals surface area contributed by atoms with E-state index in [4.69, 9.17) is 5.26 Å². The lowest BCUT2D eigenvalue weighted by atomic mass is 10.1. The largest absolute Gasteiger partial charge is 0.326 e. The molecule has 0 bridgehead atoms. The fourth-order valence-electron chi connectivity index (χ4n) is 1.90. The van der Waals surface area contributed by atoms with Crippen molar-refractivity contribution in [1.29, 1.82) is 5.26 Å². The average Bonchev–Trinajstić information content (AvgIpc) is 2.50. The maximum Gasteiger partial charge on any atom is 0.238 e. The van der Waals surface area contributed by atoms with E-state index in [1.807, 2.05) is 30.3 Å². The van der Waals surface area contributed by atoms with Crippen LogP contribution in [0.4, 0.5) is 11.4 Å². The molecule has 2 N–H and O–H groups in total. The maximum atomic E-state index is 11.9. The maximum absolute atomic E-state index is 11.9. The Labute approximate surface area is 128 Å². The van der Waals surface area contributed by atoms with Crippen molar-refractivity contribution in [3.8, 4) is 6.07 Å². The molecule has 0 aliphatic carbocycles. The fourth-order valence-corrected chi connectivity index (χ4v) is 1.90. The van der Waals surface area contributed by atoms with Crippen molar-refractivity contribution >= 4 is 23.2 Å². The van der Waals surface area contributed by atoms with Crippen molar-refractivity contribution in [3.05, 3.63) is 60.2 Å². The predicted octanol–water partition coefficient (Wildman–Crippen LogP) is 2.72. The monoisotopic (exact) mass is 293 g/mol. The van der Waals surface area contributed by atoms with Gasteiger partial charge in [-0.25, -0.2) is 0 Å². The van der Waals surface area contributed by atoms with E-state index in [2.05, 4.69) is 10.6 Å². The standard InChI is InChI=1S/C17H15N3O2/c18-11-10-16(21)19-14-6-8-15(9-7-14)20-17(22)12-13-4-2-1-3-5-13/h1-9H,10,12H2,(H,19,21)(H,20,22). The molecule has 110 valence electrons. The van der Waals surface area contributed by atoms with Crippen molar-refractivity contribution < 1.29 is 9.59 Å². The van der Waals surface area contributed by atoms with Crippen molar-refractivity contribution in [1.82, 2.24) is 0 Å². The van der Waals surface area contributed by atoms with Crippen LogP contribution in [-0.2, 0) is 16.0 Å². The summed E-state index contributed by atoms with van der Waals surface area (Å²) < 4.78 is 0. The molecule has 22 heavy (non-hydrogen) atoms. The minimum Gasteiger partial charge on any atom is -0.326 e. The number of anilines is 2. The average molecular weight is 293 g/mol. The molecular weight excluding hydrogens is 278 g/mol. The van der Waals surface area contributed by atoms with Gasteiger partial charge in [0.25, 0.3) is 0 Å². The molecular formula is C17H15N3O2. The van der Waals surface area contributed by atoms with Crippen LogP contribution in [0.15, 0.2) is 54.6 Å². The second-order valence-corrected chi connectivity index (χ2v) is 4.67. The van der Waals surface area contributed by atoms with Crippen molar-refractivity contribution in [2.45, 2.75) is 12.8 Å². The highest BCUT2D eigenvalue weighted by molar-refractivity contribution is 5.94. The lowest BCUT2D eigenvalue weighted by molar-refractivity contribution is -0.116. The van der Waals surface area contributed by atoms with Gasteiger partial charge in [-0.05, 0) is 29.8 Å². The lowest BCUT2D eigenvalue weighted by Crippen LogP contribution is -2.14. The predicted molar refractivity (Wildman–Crippen MR) is 84.1 cm³/mol. The van der Waals surface area contributed by atoms with Crippen LogP contribution in [0.5, 0.6) is 0 Å². The number of rotatable bonds is 5. The van der Waals surface area contributed by atoms with E-state index >= 15 is 0 Å². The quantitative estimate of drug-likeness (QED) is 0.889. The Hall–Kier alpha value is -3.13. The van der Waals surface area contributed by atoms with Crippen LogP contribution in [-0.4, -0.2) is 11.8 Å². The van der Waals surface area contributed by atoms with Gasteiger partial charge < -0.3 is 10.6 Å². The summed E-state index contributed by atoms with van der Waals surface area (Å²) in [6.07, 6.45) is 0.122. The van der Waals surface area contributed by atoms with Crippen LogP contribution in [0.25, 0.3) is 0 Å². The molecule has 2 aromatic rings. The van der Waals surface area contributed by atoms with Crippen molar-refractivity contribution in [3.63, 3.8) is 0 Å². The van der Waals surface area contributed by atoms with Gasteiger partial charge in [0.1, 0.15) is 6.42 Å². The van der Waals surface area contributed by atoms with Gasteiger partial charge in [-0.1, -0.05) is 30.3 Å². The third-order valence-corrected chi connectivity index (χ3v) is 2.90. The molecule has 0 spiro atoms. The first-order valence-corrected chi connectivity index (χ1v) is 6.78. The first-order chi connectivity index (χ1) is 10.7. The summed E-state index contributed by atoms with van der Waals surface area (Å²) in [7, 11) is 0. The first-order valence-electron chi connectivity index (χ1n) is 6.78. The minimum atomic E-state index is -0.358. The van der Waals surface area contributed by atoms with Crippen LogP contribution in [0.1, 0.15) is 12.0 Å². The summed E-state index contributed by atoms with van der Waals surface area (Å²) in [5.74, 6) is -0.462. The SMILES string of the molecule is N#CCC(=O)Nc1ccc(NC(=O)Cc2ccccc2)cc1. The Morgan fingerprint density at radius 1 is 0.864 bits per heavy atom. The summed E-state index contributed by atoms with van der Waals surface area (Å²) in [5.41, 5.74) is 2.18. The molecule has 2 amide bonds. The smallest absolute Gasteiger partial charge is 0.238 e. The van der Waals surface area contributed by atoms with Gasteiger partial charge in [0.15, 0.2) is 0 Å². The lowest BCUT2D eigenvalue weighted by Gasteiger charge is -2.07. The van der Waals surface area contributed by atoms with Gasteiger partial charge in [-0.3, -0.25) is 9.59 Å². The molecule has 0 heterocycles. The first kappa shape index (κ1) is 15.3. The van der Waals surface area contributed by atoms with E-state index in [0.29, 0.717) is 17.8 Å². The molecule has 0 aromatic heterocycles. The Morgan fingerprint density at radius 3 is 1.95 bits per heavy atom. The molecule has 5 nitrogen and oxygen atoms in total. The number of amides is 2. The number of carbonyl (C=O) groups is 2. The number of hydrogen-bond donors (Lipinski definition) is 2. The van der Waals surface area contributed by atoms with E-state index in [-0.39, 0.29) is 18.2 Å². The number of nitriles is 1. The topological polar surface area (TPSA) is 82.0 Å². The number of carbonyl (C=O) groups excluding carboxylic acids is 2. The molecule has 0 atom stereocenters. The zero-order valence-electron chi connectivity index (χ0n) is 11.9. The van der Waals surface area contributed by atoms with E-state index in [0.717, 1.165) is 5.56 Å². The number of benzene rings is 2. The van der Waals surface area contributed by atoms with Gasteiger partial charge in [-0.15, -0.1) is 0 Å². The van der Waals surface area contributed by atoms with Crippen molar-refractivity contribution in [2.24, 2.45) is 0 Å².